The van der Waals surface area contributed by atoms with E-state index in [0.29, 0.717) is 0 Å². The predicted molar refractivity (Wildman–Crippen MR) is 102 cm³/mol. The minimum absolute atomic E-state index is 0.0231. The second kappa shape index (κ2) is 7.25. The molecule has 1 saturated carbocycles. The van der Waals surface area contributed by atoms with Crippen LogP contribution in [0.2, 0.25) is 0 Å². The quantitative estimate of drug-likeness (QED) is 0.225. The van der Waals surface area contributed by atoms with Gasteiger partial charge in [0.1, 0.15) is 0 Å². The zero-order valence-electron chi connectivity index (χ0n) is 15.9. The number of primary amides is 1. The molecule has 2 N–H and O–H groups in total. The molecule has 3 amide bonds. The third kappa shape index (κ3) is 3.08. The van der Waals surface area contributed by atoms with Crippen molar-refractivity contribution in [1.82, 2.24) is 5.01 Å². The summed E-state index contributed by atoms with van der Waals surface area (Å²) in [6.07, 6.45) is 5.94. The molecular weight excluding hydrogens is 396 g/mol. The maximum absolute atomic E-state index is 12.7. The van der Waals surface area contributed by atoms with Gasteiger partial charge in [-0.25, -0.2) is 0 Å². The average Bonchev–Trinajstić information content (AvgIpc) is 3.38. The summed E-state index contributed by atoms with van der Waals surface area (Å²) in [5.74, 6) is -2.48. The lowest BCUT2D eigenvalue weighted by Gasteiger charge is -2.13. The van der Waals surface area contributed by atoms with Gasteiger partial charge in [0.15, 0.2) is 12.4 Å². The number of nitro groups is 1. The van der Waals surface area contributed by atoms with Crippen LogP contribution in [-0.2, 0) is 14.4 Å². The minimum Gasteiger partial charge on any atom is -0.493 e. The van der Waals surface area contributed by atoms with E-state index >= 15 is 0 Å². The summed E-state index contributed by atoms with van der Waals surface area (Å²) in [7, 11) is 1.27. The van der Waals surface area contributed by atoms with E-state index < -0.39 is 35.0 Å². The molecule has 1 heterocycles. The smallest absolute Gasteiger partial charge is 0.315 e. The Morgan fingerprint density at radius 3 is 2.47 bits per heavy atom. The fraction of sp³-hybridized carbons (Fsp3) is 0.368. The first-order valence-corrected chi connectivity index (χ1v) is 9.19. The van der Waals surface area contributed by atoms with Crippen LogP contribution >= 0.6 is 0 Å². The highest BCUT2D eigenvalue weighted by atomic mass is 16.6. The number of carbonyl (C=O) groups is 3. The van der Waals surface area contributed by atoms with Crippen molar-refractivity contribution < 1.29 is 28.8 Å². The van der Waals surface area contributed by atoms with Gasteiger partial charge in [-0.15, -0.1) is 0 Å². The summed E-state index contributed by atoms with van der Waals surface area (Å²) >= 11 is 0. The van der Waals surface area contributed by atoms with E-state index in [0.717, 1.165) is 17.5 Å². The fourth-order valence-corrected chi connectivity index (χ4v) is 4.38. The van der Waals surface area contributed by atoms with Gasteiger partial charge in [-0.2, -0.15) is 10.1 Å². The molecule has 4 unspecified atom stereocenters. The number of hydrogen-bond acceptors (Lipinski definition) is 8. The fourth-order valence-electron chi connectivity index (χ4n) is 4.38. The number of rotatable bonds is 7. The molecule has 156 valence electrons. The molecule has 1 aromatic rings. The van der Waals surface area contributed by atoms with Crippen molar-refractivity contribution in [2.75, 3.05) is 13.7 Å². The average molecular weight is 414 g/mol. The number of ether oxygens (including phenoxy) is 2. The van der Waals surface area contributed by atoms with Crippen molar-refractivity contribution in [3.8, 4) is 11.5 Å². The predicted octanol–water partition coefficient (Wildman–Crippen LogP) is 0.608. The lowest BCUT2D eigenvalue weighted by Crippen LogP contribution is -2.28. The molecular formula is C19H18N4O7. The maximum atomic E-state index is 12.7. The number of nitrogens with two attached hydrogens (primary N) is 1. The van der Waals surface area contributed by atoms with Gasteiger partial charge >= 0.3 is 5.69 Å². The number of nitro benzene ring substituents is 1. The molecule has 4 atom stereocenters. The molecule has 2 bridgehead atoms. The molecule has 11 heteroatoms. The number of methoxy groups -OCH3 is 1. The molecule has 30 heavy (non-hydrogen) atoms. The Bertz CT molecular complexity index is 988. The van der Waals surface area contributed by atoms with Crippen LogP contribution in [0.1, 0.15) is 12.0 Å². The molecule has 3 aliphatic rings. The van der Waals surface area contributed by atoms with Crippen LogP contribution in [0.5, 0.6) is 11.5 Å². The van der Waals surface area contributed by atoms with Gasteiger partial charge in [-0.3, -0.25) is 24.5 Å². The minimum atomic E-state index is -0.808. The lowest BCUT2D eigenvalue weighted by atomic mass is 9.85. The third-order valence-electron chi connectivity index (χ3n) is 5.60. The highest BCUT2D eigenvalue weighted by Gasteiger charge is 2.59. The van der Waals surface area contributed by atoms with Gasteiger partial charge in [0.05, 0.1) is 30.1 Å². The van der Waals surface area contributed by atoms with Crippen LogP contribution in [0.15, 0.2) is 29.4 Å². The van der Waals surface area contributed by atoms with E-state index in [-0.39, 0.29) is 40.7 Å². The van der Waals surface area contributed by atoms with Crippen LogP contribution in [0.4, 0.5) is 5.69 Å². The van der Waals surface area contributed by atoms with Gasteiger partial charge in [0, 0.05) is 11.6 Å². The molecule has 2 aliphatic carbocycles. The second-order valence-electron chi connectivity index (χ2n) is 7.32. The number of amides is 3. The first-order valence-electron chi connectivity index (χ1n) is 9.19. The molecule has 0 spiro atoms. The van der Waals surface area contributed by atoms with Crippen molar-refractivity contribution in [3.05, 3.63) is 40.0 Å². The van der Waals surface area contributed by atoms with Gasteiger partial charge in [-0.1, -0.05) is 12.2 Å². The lowest BCUT2D eigenvalue weighted by molar-refractivity contribution is -0.385. The van der Waals surface area contributed by atoms with Gasteiger partial charge in [-0.05, 0) is 24.3 Å². The number of hydrogen-bond donors (Lipinski definition) is 1. The number of allylic oxidation sites excluding steroid dienone is 2. The zero-order chi connectivity index (χ0) is 21.6. The van der Waals surface area contributed by atoms with Crippen LogP contribution < -0.4 is 15.2 Å². The molecule has 1 aromatic carbocycles. The topological polar surface area (TPSA) is 154 Å². The first kappa shape index (κ1) is 19.6. The van der Waals surface area contributed by atoms with Crippen LogP contribution in [0, 0.1) is 33.8 Å². The summed E-state index contributed by atoms with van der Waals surface area (Å²) in [5.41, 5.74) is 4.76. The monoisotopic (exact) mass is 414 g/mol. The number of carbonyl (C=O) groups excluding carboxylic acids is 3. The van der Waals surface area contributed by atoms with Crippen LogP contribution in [-0.4, -0.2) is 47.6 Å². The van der Waals surface area contributed by atoms with Crippen LogP contribution in [0.25, 0.3) is 0 Å². The number of hydrazone groups is 1. The Kier molecular flexibility index (Phi) is 4.72. The van der Waals surface area contributed by atoms with Crippen molar-refractivity contribution >= 4 is 29.6 Å². The van der Waals surface area contributed by atoms with E-state index in [4.69, 9.17) is 15.2 Å². The van der Waals surface area contributed by atoms with Gasteiger partial charge in [0.2, 0.25) is 5.75 Å². The van der Waals surface area contributed by atoms with E-state index in [1.165, 1.54) is 19.4 Å². The Labute approximate surface area is 170 Å². The molecule has 0 aromatic heterocycles. The first-order chi connectivity index (χ1) is 14.3. The van der Waals surface area contributed by atoms with E-state index in [1.807, 2.05) is 12.2 Å². The standard InChI is InChI=1S/C19H18N4O7/c1-29-13-5-9(4-12(23(27)28)17(13)30-8-14(20)24)7-21-22-18(25)15-10-2-3-11(6-10)16(15)19(22)26/h2-5,7,10-11,15-16H,6,8H2,1H3,(H2,20,24). The Hall–Kier alpha value is -3.76. The summed E-state index contributed by atoms with van der Waals surface area (Å²) in [4.78, 5) is 47.0. The summed E-state index contributed by atoms with van der Waals surface area (Å²) in [5, 5.41) is 16.3. The second-order valence-corrected chi connectivity index (χ2v) is 7.32. The van der Waals surface area contributed by atoms with E-state index in [1.54, 1.807) is 0 Å². The van der Waals surface area contributed by atoms with Crippen molar-refractivity contribution in [3.63, 3.8) is 0 Å². The third-order valence-corrected chi connectivity index (χ3v) is 5.60. The van der Waals surface area contributed by atoms with E-state index in [2.05, 4.69) is 5.10 Å². The van der Waals surface area contributed by atoms with Gasteiger partial charge < -0.3 is 15.2 Å². The molecule has 2 fully saturated rings. The van der Waals surface area contributed by atoms with Crippen LogP contribution in [0.3, 0.4) is 0 Å². The zero-order valence-corrected chi connectivity index (χ0v) is 15.9. The Balaban J connectivity index is 1.62. The maximum Gasteiger partial charge on any atom is 0.315 e. The summed E-state index contributed by atoms with van der Waals surface area (Å²) in [6, 6.07) is 2.52. The highest BCUT2D eigenvalue weighted by Crippen LogP contribution is 2.52. The number of fused-ring (bicyclic) bond motifs is 5. The number of imide groups is 1. The summed E-state index contributed by atoms with van der Waals surface area (Å²) in [6.45, 7) is -0.569. The Morgan fingerprint density at radius 2 is 1.93 bits per heavy atom. The molecule has 1 aliphatic heterocycles. The van der Waals surface area contributed by atoms with Crippen molar-refractivity contribution in [2.24, 2.45) is 34.5 Å². The molecule has 4 rings (SSSR count). The SMILES string of the molecule is COc1cc(C=NN2C(=O)C3C4C=CC(C4)C3C2=O)cc([N+](=O)[O-])c1OCC(N)=O. The largest absolute Gasteiger partial charge is 0.493 e. The van der Waals surface area contributed by atoms with E-state index in [9.17, 15) is 24.5 Å². The normalized spacial score (nSPS) is 26.5. The van der Waals surface area contributed by atoms with Gasteiger partial charge in [0.25, 0.3) is 17.7 Å². The van der Waals surface area contributed by atoms with Crippen molar-refractivity contribution in [2.45, 2.75) is 6.42 Å². The highest BCUT2D eigenvalue weighted by molar-refractivity contribution is 6.06. The molecule has 1 saturated heterocycles. The van der Waals surface area contributed by atoms with Crippen molar-refractivity contribution in [1.29, 1.82) is 0 Å². The number of benzene rings is 1. The number of nitrogens with zero attached hydrogens (tertiary/aromatic N) is 3. The molecule has 0 radical (unpaired) electrons. The summed E-state index contributed by atoms with van der Waals surface area (Å²) < 4.78 is 10.2. The molecule has 11 nitrogen and oxygen atoms in total. The Morgan fingerprint density at radius 1 is 1.30 bits per heavy atom.